The standard InChI is InChI=1S/C31H26N6O/c38-29(19-22-15-17-25(18-16-22)37-21-33-35-36-37)32-20-27(23-9-3-1-4-10-23)30-26-13-7-8-14-28(26)34-31(30)24-11-5-2-6-12-24/h1-18,21,27,34H,19-20H2,(H,32,38). The number of tetrazole rings is 1. The Kier molecular flexibility index (Phi) is 6.47. The van der Waals surface area contributed by atoms with E-state index in [9.17, 15) is 4.79 Å². The molecule has 6 rings (SSSR count). The third-order valence-corrected chi connectivity index (χ3v) is 6.78. The van der Waals surface area contributed by atoms with Gasteiger partial charge in [0.15, 0.2) is 0 Å². The van der Waals surface area contributed by atoms with E-state index in [4.69, 9.17) is 0 Å². The Bertz CT molecular complexity index is 1640. The summed E-state index contributed by atoms with van der Waals surface area (Å²) in [4.78, 5) is 16.7. The van der Waals surface area contributed by atoms with Gasteiger partial charge in [-0.1, -0.05) is 91.0 Å². The average Bonchev–Trinajstić information content (AvgIpc) is 3.64. The predicted octanol–water partition coefficient (Wildman–Crippen LogP) is 5.30. The monoisotopic (exact) mass is 498 g/mol. The van der Waals surface area contributed by atoms with Crippen LogP contribution < -0.4 is 5.32 Å². The Morgan fingerprint density at radius 3 is 2.29 bits per heavy atom. The highest BCUT2D eigenvalue weighted by molar-refractivity contribution is 5.92. The molecule has 2 N–H and O–H groups in total. The molecule has 2 aromatic heterocycles. The van der Waals surface area contributed by atoms with Gasteiger partial charge in [0.1, 0.15) is 6.33 Å². The summed E-state index contributed by atoms with van der Waals surface area (Å²) in [7, 11) is 0. The molecule has 4 aromatic carbocycles. The van der Waals surface area contributed by atoms with Crippen LogP contribution in [0.4, 0.5) is 0 Å². The van der Waals surface area contributed by atoms with E-state index < -0.39 is 0 Å². The quantitative estimate of drug-likeness (QED) is 0.298. The number of H-pyrrole nitrogens is 1. The molecule has 0 radical (unpaired) electrons. The van der Waals surface area contributed by atoms with E-state index >= 15 is 0 Å². The lowest BCUT2D eigenvalue weighted by Gasteiger charge is -2.20. The number of aromatic nitrogens is 5. The van der Waals surface area contributed by atoms with Crippen molar-refractivity contribution in [3.8, 4) is 16.9 Å². The normalized spacial score (nSPS) is 11.9. The van der Waals surface area contributed by atoms with Crippen LogP contribution in [0.25, 0.3) is 27.8 Å². The van der Waals surface area contributed by atoms with Crippen LogP contribution in [0.5, 0.6) is 0 Å². The van der Waals surface area contributed by atoms with Gasteiger partial charge in [0.2, 0.25) is 5.91 Å². The van der Waals surface area contributed by atoms with Crippen LogP contribution in [0, 0.1) is 0 Å². The van der Waals surface area contributed by atoms with Crippen LogP contribution in [-0.4, -0.2) is 37.6 Å². The molecule has 1 amide bonds. The summed E-state index contributed by atoms with van der Waals surface area (Å²) < 4.78 is 1.58. The number of nitrogens with one attached hydrogen (secondary N) is 2. The summed E-state index contributed by atoms with van der Waals surface area (Å²) in [5.41, 5.74) is 7.38. The van der Waals surface area contributed by atoms with E-state index in [1.54, 1.807) is 11.0 Å². The highest BCUT2D eigenvalue weighted by atomic mass is 16.1. The second-order valence-corrected chi connectivity index (χ2v) is 9.19. The zero-order valence-electron chi connectivity index (χ0n) is 20.7. The van der Waals surface area contributed by atoms with Crippen molar-refractivity contribution >= 4 is 16.8 Å². The molecule has 2 heterocycles. The SMILES string of the molecule is O=C(Cc1ccc(-n2cnnn2)cc1)NCC(c1ccccc1)c1c(-c2ccccc2)[nH]c2ccccc12. The van der Waals surface area contributed by atoms with Gasteiger partial charge in [-0.05, 0) is 50.9 Å². The van der Waals surface area contributed by atoms with Gasteiger partial charge >= 0.3 is 0 Å². The first-order chi connectivity index (χ1) is 18.8. The molecule has 1 unspecified atom stereocenters. The van der Waals surface area contributed by atoms with E-state index in [-0.39, 0.29) is 18.2 Å². The van der Waals surface area contributed by atoms with Crippen LogP contribution in [0.15, 0.2) is 116 Å². The van der Waals surface area contributed by atoms with Crippen molar-refractivity contribution in [2.75, 3.05) is 6.54 Å². The number of benzene rings is 4. The summed E-state index contributed by atoms with van der Waals surface area (Å²) in [6.45, 7) is 0.479. The first kappa shape index (κ1) is 23.4. The Hall–Kier alpha value is -5.04. The fourth-order valence-electron chi connectivity index (χ4n) is 4.94. The number of nitrogens with zero attached hydrogens (tertiary/aromatic N) is 4. The van der Waals surface area contributed by atoms with Gasteiger partial charge in [0.05, 0.1) is 17.8 Å². The van der Waals surface area contributed by atoms with Gasteiger partial charge < -0.3 is 10.3 Å². The molecule has 0 fully saturated rings. The number of para-hydroxylation sites is 1. The van der Waals surface area contributed by atoms with Crippen LogP contribution >= 0.6 is 0 Å². The van der Waals surface area contributed by atoms with Gasteiger partial charge in [-0.3, -0.25) is 4.79 Å². The zero-order valence-corrected chi connectivity index (χ0v) is 20.7. The number of carbonyl (C=O) groups is 1. The molecule has 38 heavy (non-hydrogen) atoms. The lowest BCUT2D eigenvalue weighted by Crippen LogP contribution is -2.30. The number of fused-ring (bicyclic) bond motifs is 1. The van der Waals surface area contributed by atoms with Crippen LogP contribution in [0.2, 0.25) is 0 Å². The molecule has 0 saturated carbocycles. The third kappa shape index (κ3) is 4.82. The first-order valence-corrected chi connectivity index (χ1v) is 12.6. The molecule has 0 saturated heterocycles. The van der Waals surface area contributed by atoms with Crippen molar-refractivity contribution < 1.29 is 4.79 Å². The van der Waals surface area contributed by atoms with Crippen molar-refractivity contribution in [2.24, 2.45) is 0 Å². The van der Waals surface area contributed by atoms with Crippen molar-refractivity contribution in [3.05, 3.63) is 132 Å². The summed E-state index contributed by atoms with van der Waals surface area (Å²) in [6.07, 6.45) is 1.83. The van der Waals surface area contributed by atoms with Crippen molar-refractivity contribution in [1.29, 1.82) is 0 Å². The molecule has 6 aromatic rings. The lowest BCUT2D eigenvalue weighted by atomic mass is 9.87. The van der Waals surface area contributed by atoms with Gasteiger partial charge in [-0.15, -0.1) is 5.10 Å². The van der Waals surface area contributed by atoms with Gasteiger partial charge in [0.25, 0.3) is 0 Å². The summed E-state index contributed by atoms with van der Waals surface area (Å²) in [5, 5.41) is 15.6. The van der Waals surface area contributed by atoms with Crippen LogP contribution in [0.1, 0.15) is 22.6 Å². The maximum atomic E-state index is 13.1. The molecule has 7 nitrogen and oxygen atoms in total. The zero-order chi connectivity index (χ0) is 25.7. The number of aromatic amines is 1. The Labute approximate surface area is 220 Å². The Morgan fingerprint density at radius 1 is 0.842 bits per heavy atom. The maximum absolute atomic E-state index is 13.1. The lowest BCUT2D eigenvalue weighted by molar-refractivity contribution is -0.120. The van der Waals surface area contributed by atoms with Gasteiger partial charge in [-0.25, -0.2) is 4.68 Å². The summed E-state index contributed by atoms with van der Waals surface area (Å²) in [5.74, 6) is -0.0593. The predicted molar refractivity (Wildman–Crippen MR) is 148 cm³/mol. The van der Waals surface area contributed by atoms with Gasteiger partial charge in [-0.2, -0.15) is 0 Å². The fourth-order valence-corrected chi connectivity index (χ4v) is 4.94. The number of rotatable bonds is 8. The molecule has 7 heteroatoms. The van der Waals surface area contributed by atoms with Crippen molar-refractivity contribution in [1.82, 2.24) is 30.5 Å². The smallest absolute Gasteiger partial charge is 0.224 e. The third-order valence-electron chi connectivity index (χ3n) is 6.78. The minimum atomic E-state index is -0.0336. The van der Waals surface area contributed by atoms with Crippen molar-refractivity contribution in [3.63, 3.8) is 0 Å². The molecule has 0 aliphatic carbocycles. The van der Waals surface area contributed by atoms with Crippen molar-refractivity contribution in [2.45, 2.75) is 12.3 Å². The summed E-state index contributed by atoms with van der Waals surface area (Å²) >= 11 is 0. The molecule has 0 bridgehead atoms. The topological polar surface area (TPSA) is 88.5 Å². The molecule has 0 spiro atoms. The molecule has 0 aliphatic heterocycles. The molecular weight excluding hydrogens is 472 g/mol. The Balaban J connectivity index is 1.29. The molecule has 186 valence electrons. The molecule has 0 aliphatic rings. The van der Waals surface area contributed by atoms with E-state index in [1.165, 1.54) is 5.56 Å². The van der Waals surface area contributed by atoms with E-state index in [1.807, 2.05) is 54.6 Å². The van der Waals surface area contributed by atoms with Crippen LogP contribution in [-0.2, 0) is 11.2 Å². The number of hydrogen-bond donors (Lipinski definition) is 2. The summed E-state index contributed by atoms with van der Waals surface area (Å²) in [6, 6.07) is 36.8. The highest BCUT2D eigenvalue weighted by Gasteiger charge is 2.24. The van der Waals surface area contributed by atoms with E-state index in [0.29, 0.717) is 6.54 Å². The minimum Gasteiger partial charge on any atom is -0.355 e. The van der Waals surface area contributed by atoms with E-state index in [0.717, 1.165) is 39.0 Å². The average molecular weight is 499 g/mol. The molecular formula is C31H26N6O. The minimum absolute atomic E-state index is 0.0257. The maximum Gasteiger partial charge on any atom is 0.224 e. The fraction of sp³-hybridized carbons (Fsp3) is 0.0968. The van der Waals surface area contributed by atoms with Gasteiger partial charge in [0, 0.05) is 23.4 Å². The highest BCUT2D eigenvalue weighted by Crippen LogP contribution is 2.38. The number of hydrogen-bond acceptors (Lipinski definition) is 4. The van der Waals surface area contributed by atoms with E-state index in [2.05, 4.69) is 80.4 Å². The number of carbonyl (C=O) groups excluding carboxylic acids is 1. The second kappa shape index (κ2) is 10.5. The second-order valence-electron chi connectivity index (χ2n) is 9.19. The Morgan fingerprint density at radius 2 is 1.55 bits per heavy atom. The largest absolute Gasteiger partial charge is 0.355 e. The first-order valence-electron chi connectivity index (χ1n) is 12.6. The number of amides is 1. The molecule has 1 atom stereocenters. The van der Waals surface area contributed by atoms with Crippen LogP contribution in [0.3, 0.4) is 0 Å².